The molecule has 0 spiro atoms. The number of rotatable bonds is 39. The van der Waals surface area contributed by atoms with Gasteiger partial charge in [-0.25, -0.2) is 95.9 Å². The van der Waals surface area contributed by atoms with Crippen molar-refractivity contribution in [3.05, 3.63) is 49.8 Å². The smallest absolute Gasteiger partial charge is 0.735 e. The van der Waals surface area contributed by atoms with Gasteiger partial charge >= 0.3 is 254 Å². The summed E-state index contributed by atoms with van der Waals surface area (Å²) < 4.78 is 384. The van der Waals surface area contributed by atoms with Gasteiger partial charge in [0.05, 0.1) is 25.9 Å². The van der Waals surface area contributed by atoms with E-state index in [0.29, 0.717) is 6.08 Å². The maximum absolute atomic E-state index is 14.1. The van der Waals surface area contributed by atoms with E-state index < -0.39 is 306 Å². The topological polar surface area (TPSA) is 853 Å². The molecule has 0 saturated carbocycles. The number of carbonyl (C=O) groups excluding carboxylic acids is 3. The van der Waals surface area contributed by atoms with Crippen molar-refractivity contribution in [3.8, 4) is 0 Å². The number of nitrogens with one attached hydrogen (secondary N) is 3. The number of carbonyl (C=O) groups is 3. The maximum atomic E-state index is 14.1. The standard InChI is InChI=1S/C43H67N3O52S8.8Na/c1-4-7-81-19(48)10-15(11-47)87-39-21(45-100(60,61)62)25(51)29(17(89-39)13-85-103(69,70)71)91-42-34(98-106(78,79)80)28(54)32(36(96-42)38(56)83-9-6-3)94-41-22(46-101(63,64)65)26(52)30(18(90-41)14-86-104(72,73)74)92-43-33(97-105(75,76)77)27(53)31(35(95-43)37(55)82-8-5-2)93-40-20(44-99(57,58)59)24(50)23(49)16(88-40)12-84-102(66,67)68;;;;;;;;/h4-6,10,16-18,20-36,39-47,49-54H,1-3,7-9,11-14H2,(H,57,58,59)(H,60,61,62)(H,63,64,65)(H,66,67,68)(H,69,70,71)(H,72,73,74)(H,75,76,77)(H,78,79,80);;;;;;;;/q;8*+1/p-8/b15-10+;;;;;;;;. The Morgan fingerprint density at radius 1 is 0.368 bits per heavy atom. The van der Waals surface area contributed by atoms with Crippen LogP contribution in [0.2, 0.25) is 0 Å². The van der Waals surface area contributed by atoms with E-state index >= 15 is 0 Å². The van der Waals surface area contributed by atoms with Gasteiger partial charge in [0.25, 0.3) is 0 Å². The monoisotopic (exact) mass is 1890 g/mol. The average molecular weight is 1890 g/mol. The minimum absolute atomic E-state index is 0. The largest absolute Gasteiger partial charge is 1.00 e. The Bertz CT molecular complexity index is 4090. The third kappa shape index (κ3) is 40.9. The van der Waals surface area contributed by atoms with Gasteiger partial charge in [-0.1, -0.05) is 38.0 Å². The SMILES string of the molecule is C=CCOC(=O)/C=C(\CO)OC1OC(COS(=O)(=O)[O-])C(OC2OC(C(=O)OCC=C)C(OC3OC(COS(=O)(=O)[O-])C(OC4OC(C(=O)OCC=C)C(OC5OC(COS(=O)(=O)[O-])C(O)C(O)C5NS(=O)(=O)[O-])C(O)C4OS(=O)(=O)[O-])C(O)C3NS(=O)(=O)[O-])C(O)C2OS(=O)(=O)[O-])C(O)C1NS(=O)(=O)[O-].[Na+].[Na+].[Na+].[Na+].[Na+].[Na+].[Na+].[Na+]. The molecule has 10 N–H and O–H groups in total. The molecule has 5 heterocycles. The van der Waals surface area contributed by atoms with Crippen LogP contribution in [0.3, 0.4) is 0 Å². The van der Waals surface area contributed by atoms with E-state index in [1.165, 1.54) is 4.72 Å². The molecule has 0 aromatic carbocycles. The molecule has 114 heavy (non-hydrogen) atoms. The van der Waals surface area contributed by atoms with E-state index in [1.807, 2.05) is 0 Å². The molecule has 5 aliphatic rings. The summed E-state index contributed by atoms with van der Waals surface area (Å²) in [6.07, 6.45) is -63.7. The van der Waals surface area contributed by atoms with E-state index in [9.17, 15) is 154 Å². The normalized spacial score (nSPS) is 32.3. The van der Waals surface area contributed by atoms with E-state index in [4.69, 9.17) is 56.8 Å². The number of aliphatic hydroxyl groups excluding tert-OH is 7. The van der Waals surface area contributed by atoms with Gasteiger partial charge in [-0.2, -0.15) is 0 Å². The van der Waals surface area contributed by atoms with Gasteiger partial charge in [0.2, 0.25) is 58.3 Å². The van der Waals surface area contributed by atoms with Gasteiger partial charge in [-0.15, -0.1) is 0 Å². The van der Waals surface area contributed by atoms with Crippen LogP contribution in [0, 0.1) is 0 Å². The number of aliphatic hydroxyl groups is 7. The number of hydrogen-bond acceptors (Lipinski definition) is 52. The molecule has 614 valence electrons. The van der Waals surface area contributed by atoms with Crippen LogP contribution in [-0.4, -0.2) is 357 Å². The second-order valence-corrected chi connectivity index (χ2v) is 29.9. The van der Waals surface area contributed by atoms with Gasteiger partial charge in [-0.3, -0.25) is 20.9 Å². The molecular formula is C43H59N3Na8O52S8. The van der Waals surface area contributed by atoms with Crippen molar-refractivity contribution in [2.75, 3.05) is 46.2 Å². The molecule has 0 amide bonds. The first kappa shape index (κ1) is 124. The maximum Gasteiger partial charge on any atom is 1.00 e. The summed E-state index contributed by atoms with van der Waals surface area (Å²) in [5.41, 5.74) is 0. The molecule has 0 aromatic rings. The molecule has 5 saturated heterocycles. The zero-order valence-electron chi connectivity index (χ0n) is 60.1. The first-order chi connectivity index (χ1) is 48.6. The van der Waals surface area contributed by atoms with Crippen LogP contribution >= 0.6 is 0 Å². The summed E-state index contributed by atoms with van der Waals surface area (Å²) in [7, 11) is -49.2. The van der Waals surface area contributed by atoms with Crippen LogP contribution in [0.15, 0.2) is 49.8 Å². The van der Waals surface area contributed by atoms with Crippen LogP contribution in [0.4, 0.5) is 0 Å². The number of esters is 3. The van der Waals surface area contributed by atoms with Gasteiger partial charge in [0.1, 0.15) is 130 Å². The molecule has 0 bridgehead atoms. The molecule has 0 radical (unpaired) electrons. The number of ether oxygens (including phenoxy) is 13. The zero-order chi connectivity index (χ0) is 80.4. The summed E-state index contributed by atoms with van der Waals surface area (Å²) in [4.78, 5) is 40.3. The summed E-state index contributed by atoms with van der Waals surface area (Å²) in [6, 6.07) is -8.70. The average Bonchev–Trinajstić information content (AvgIpc) is 0.758. The molecule has 5 aliphatic heterocycles. The summed E-state index contributed by atoms with van der Waals surface area (Å²) in [6.45, 7) is 0.388. The molecule has 0 aromatic heterocycles. The van der Waals surface area contributed by atoms with Gasteiger partial charge in [-0.05, 0) is 0 Å². The van der Waals surface area contributed by atoms with Gasteiger partial charge in [0.15, 0.2) is 80.5 Å². The summed E-state index contributed by atoms with van der Waals surface area (Å²) in [5, 5.41) is 79.4. The molecule has 5 fully saturated rings. The van der Waals surface area contributed by atoms with Crippen molar-refractivity contribution in [2.24, 2.45) is 0 Å². The minimum atomic E-state index is -6.51. The van der Waals surface area contributed by atoms with Crippen LogP contribution in [-0.2, 0) is 180 Å². The third-order valence-electron chi connectivity index (χ3n) is 13.9. The van der Waals surface area contributed by atoms with Crippen molar-refractivity contribution < 1.29 is 473 Å². The van der Waals surface area contributed by atoms with E-state index in [0.717, 1.165) is 27.7 Å². The first-order valence-electron chi connectivity index (χ1n) is 28.1. The molecule has 25 atom stereocenters. The first-order valence-corrected chi connectivity index (χ1v) is 39.0. The van der Waals surface area contributed by atoms with Crippen molar-refractivity contribution in [2.45, 2.75) is 153 Å². The van der Waals surface area contributed by atoms with Crippen molar-refractivity contribution in [3.63, 3.8) is 0 Å². The fourth-order valence-corrected chi connectivity index (χ4v) is 13.5. The van der Waals surface area contributed by atoms with Crippen LogP contribution in [0.25, 0.3) is 0 Å². The van der Waals surface area contributed by atoms with Crippen molar-refractivity contribution in [1.29, 1.82) is 0 Å². The van der Waals surface area contributed by atoms with E-state index in [1.54, 1.807) is 0 Å². The van der Waals surface area contributed by atoms with Gasteiger partial charge < -0.3 is 134 Å². The van der Waals surface area contributed by atoms with Crippen molar-refractivity contribution >= 4 is 101 Å². The quantitative estimate of drug-likeness (QED) is 0.00399. The van der Waals surface area contributed by atoms with E-state index in [2.05, 4.69) is 45.4 Å². The second kappa shape index (κ2) is 53.5. The Balaban J connectivity index is -0.00000756. The van der Waals surface area contributed by atoms with Crippen LogP contribution in [0.1, 0.15) is 0 Å². The Kier molecular flexibility index (Phi) is 58.0. The Morgan fingerprint density at radius 3 is 0.982 bits per heavy atom. The molecule has 5 rings (SSSR count). The molecule has 0 aliphatic carbocycles. The number of hydrogen-bond donors (Lipinski definition) is 10. The fraction of sp³-hybridized carbons (Fsp3) is 0.744. The third-order valence-corrected chi connectivity index (χ3v) is 17.8. The van der Waals surface area contributed by atoms with E-state index in [-0.39, 0.29) is 236 Å². The predicted octanol–water partition coefficient (Wildman–Crippen LogP) is -39.2. The fourth-order valence-electron chi connectivity index (χ4n) is 9.85. The summed E-state index contributed by atoms with van der Waals surface area (Å²) in [5.74, 6) is -6.35. The Morgan fingerprint density at radius 2 is 0.667 bits per heavy atom. The summed E-state index contributed by atoms with van der Waals surface area (Å²) >= 11 is 0. The molecule has 55 nitrogen and oxygen atoms in total. The van der Waals surface area contributed by atoms with Gasteiger partial charge in [0, 0.05) is 0 Å². The predicted molar refractivity (Wildman–Crippen MR) is 305 cm³/mol. The minimum Gasteiger partial charge on any atom is -0.735 e. The second-order valence-electron chi connectivity index (χ2n) is 21.3. The molecular weight excluding hydrogens is 1830 g/mol. The van der Waals surface area contributed by atoms with Crippen molar-refractivity contribution in [1.82, 2.24) is 14.2 Å². The van der Waals surface area contributed by atoms with Crippen LogP contribution < -0.4 is 251 Å². The Labute approximate surface area is 825 Å². The Hall–Kier alpha value is 3.49. The zero-order valence-corrected chi connectivity index (χ0v) is 82.6. The molecule has 71 heteroatoms. The van der Waals surface area contributed by atoms with Crippen LogP contribution in [0.5, 0.6) is 0 Å². The molecule has 25 unspecified atom stereocenters.